The molecule has 3 amide bonds. The minimum absolute atomic E-state index is 0.407. The Morgan fingerprint density at radius 2 is 1.84 bits per heavy atom. The zero-order chi connectivity index (χ0) is 14.4. The average molecular weight is 272 g/mol. The summed E-state index contributed by atoms with van der Waals surface area (Å²) in [7, 11) is 0. The number of aliphatic carboxylic acids is 1. The van der Waals surface area contributed by atoms with Gasteiger partial charge in [-0.2, -0.15) is 0 Å². The molecule has 1 fully saturated rings. The minimum atomic E-state index is -1.27. The van der Waals surface area contributed by atoms with Crippen LogP contribution in [0.4, 0.5) is 4.79 Å². The molecule has 1 aliphatic heterocycles. The highest BCUT2D eigenvalue weighted by Gasteiger charge is 2.26. The summed E-state index contributed by atoms with van der Waals surface area (Å²) in [4.78, 5) is 37.3. The molecule has 0 spiro atoms. The van der Waals surface area contributed by atoms with Crippen LogP contribution in [0.25, 0.3) is 0 Å². The van der Waals surface area contributed by atoms with Crippen LogP contribution < -0.4 is 11.1 Å². The Morgan fingerprint density at radius 1 is 1.26 bits per heavy atom. The summed E-state index contributed by atoms with van der Waals surface area (Å²) in [5.41, 5.74) is 4.95. The Labute approximate surface area is 111 Å². The molecule has 0 unspecified atom stereocenters. The van der Waals surface area contributed by atoms with Crippen molar-refractivity contribution < 1.29 is 19.5 Å². The van der Waals surface area contributed by atoms with Gasteiger partial charge >= 0.3 is 12.0 Å². The maximum atomic E-state index is 11.9. The lowest BCUT2D eigenvalue weighted by Gasteiger charge is -2.34. The second-order valence-corrected chi connectivity index (χ2v) is 4.43. The summed E-state index contributed by atoms with van der Waals surface area (Å²) in [5.74, 6) is -2.03. The van der Waals surface area contributed by atoms with E-state index in [-0.39, 0.29) is 0 Å². The highest BCUT2D eigenvalue weighted by atomic mass is 16.4. The number of nitrogens with one attached hydrogen (secondary N) is 1. The van der Waals surface area contributed by atoms with Gasteiger partial charge in [-0.15, -0.1) is 0 Å². The molecule has 1 aliphatic rings. The number of carbonyl (C=O) groups excluding carboxylic acids is 2. The summed E-state index contributed by atoms with van der Waals surface area (Å²) in [6.45, 7) is 5.58. The number of piperazine rings is 1. The number of hydrogen-bond donors (Lipinski definition) is 3. The zero-order valence-electron chi connectivity index (χ0n) is 11.0. The first kappa shape index (κ1) is 15.2. The van der Waals surface area contributed by atoms with Gasteiger partial charge in [0.25, 0.3) is 0 Å². The third-order valence-corrected chi connectivity index (χ3v) is 3.11. The summed E-state index contributed by atoms with van der Waals surface area (Å²) < 4.78 is 0. The molecule has 0 aromatic heterocycles. The Hall–Kier alpha value is -1.83. The van der Waals surface area contributed by atoms with Crippen LogP contribution in [-0.4, -0.2) is 71.6 Å². The molecule has 1 atom stereocenters. The standard InChI is InChI=1S/C11H20N4O4/c1-2-14-3-5-15(6-4-14)11(19)13-8(10(17)18)7-9(12)16/h8H,2-7H2,1H3,(H2,12,16)(H,13,19)(H,17,18)/t8-/m1/s1. The largest absolute Gasteiger partial charge is 0.480 e. The number of amides is 3. The third kappa shape index (κ3) is 4.74. The van der Waals surface area contributed by atoms with Gasteiger partial charge in [0.15, 0.2) is 0 Å². The Balaban J connectivity index is 2.48. The molecule has 4 N–H and O–H groups in total. The molecule has 0 aromatic rings. The van der Waals surface area contributed by atoms with Gasteiger partial charge in [-0.05, 0) is 6.54 Å². The van der Waals surface area contributed by atoms with Crippen molar-refractivity contribution in [1.82, 2.24) is 15.1 Å². The maximum Gasteiger partial charge on any atom is 0.326 e. The van der Waals surface area contributed by atoms with Gasteiger partial charge in [-0.3, -0.25) is 4.79 Å². The summed E-state index contributed by atoms with van der Waals surface area (Å²) in [5, 5.41) is 11.2. The fourth-order valence-corrected chi connectivity index (χ4v) is 1.91. The number of urea groups is 1. The van der Waals surface area contributed by atoms with Gasteiger partial charge < -0.3 is 26.0 Å². The summed E-state index contributed by atoms with van der Waals surface area (Å²) >= 11 is 0. The lowest BCUT2D eigenvalue weighted by Crippen LogP contribution is -2.55. The lowest BCUT2D eigenvalue weighted by atomic mass is 10.2. The summed E-state index contributed by atoms with van der Waals surface area (Å²) in [6, 6.07) is -1.74. The van der Waals surface area contributed by atoms with E-state index < -0.39 is 30.4 Å². The topological polar surface area (TPSA) is 116 Å². The van der Waals surface area contributed by atoms with Crippen molar-refractivity contribution in [2.45, 2.75) is 19.4 Å². The van der Waals surface area contributed by atoms with Crippen LogP contribution in [0.5, 0.6) is 0 Å². The quantitative estimate of drug-likeness (QED) is 0.573. The molecule has 0 radical (unpaired) electrons. The van der Waals surface area contributed by atoms with Gasteiger partial charge in [0.1, 0.15) is 6.04 Å². The van der Waals surface area contributed by atoms with Crippen molar-refractivity contribution in [1.29, 1.82) is 0 Å². The Morgan fingerprint density at radius 3 is 2.26 bits per heavy atom. The SMILES string of the molecule is CCN1CCN(C(=O)N[C@H](CC(N)=O)C(=O)O)CC1. The fraction of sp³-hybridized carbons (Fsp3) is 0.727. The van der Waals surface area contributed by atoms with Crippen molar-refractivity contribution in [2.75, 3.05) is 32.7 Å². The lowest BCUT2D eigenvalue weighted by molar-refractivity contribution is -0.141. The fourth-order valence-electron chi connectivity index (χ4n) is 1.91. The highest BCUT2D eigenvalue weighted by Crippen LogP contribution is 2.02. The molecule has 19 heavy (non-hydrogen) atoms. The van der Waals surface area contributed by atoms with E-state index in [1.807, 2.05) is 6.92 Å². The predicted octanol–water partition coefficient (Wildman–Crippen LogP) is -1.34. The molecule has 0 aromatic carbocycles. The molecular weight excluding hydrogens is 252 g/mol. The molecule has 8 nitrogen and oxygen atoms in total. The third-order valence-electron chi connectivity index (χ3n) is 3.11. The van der Waals surface area contributed by atoms with Gasteiger partial charge in [-0.1, -0.05) is 6.92 Å². The average Bonchev–Trinajstić information content (AvgIpc) is 2.37. The van der Waals surface area contributed by atoms with Crippen LogP contribution >= 0.6 is 0 Å². The van der Waals surface area contributed by atoms with E-state index in [1.54, 1.807) is 4.90 Å². The van der Waals surface area contributed by atoms with E-state index in [9.17, 15) is 14.4 Å². The number of carbonyl (C=O) groups is 3. The zero-order valence-corrected chi connectivity index (χ0v) is 11.0. The minimum Gasteiger partial charge on any atom is -0.480 e. The second kappa shape index (κ2) is 6.93. The number of carboxylic acids is 1. The molecule has 0 bridgehead atoms. The van der Waals surface area contributed by atoms with Crippen LogP contribution in [0.2, 0.25) is 0 Å². The maximum absolute atomic E-state index is 11.9. The summed E-state index contributed by atoms with van der Waals surface area (Å²) in [6.07, 6.45) is -0.407. The molecule has 1 heterocycles. The molecule has 108 valence electrons. The molecule has 8 heteroatoms. The van der Waals surface area contributed by atoms with Crippen molar-refractivity contribution in [3.63, 3.8) is 0 Å². The van der Waals surface area contributed by atoms with Crippen molar-refractivity contribution in [3.8, 4) is 0 Å². The van der Waals surface area contributed by atoms with E-state index >= 15 is 0 Å². The normalized spacial score (nSPS) is 17.8. The van der Waals surface area contributed by atoms with E-state index in [2.05, 4.69) is 10.2 Å². The van der Waals surface area contributed by atoms with Crippen LogP contribution in [0, 0.1) is 0 Å². The van der Waals surface area contributed by atoms with E-state index in [4.69, 9.17) is 10.8 Å². The van der Waals surface area contributed by atoms with E-state index in [0.29, 0.717) is 13.1 Å². The van der Waals surface area contributed by atoms with Gasteiger partial charge in [0.05, 0.1) is 6.42 Å². The van der Waals surface area contributed by atoms with Crippen molar-refractivity contribution in [2.24, 2.45) is 5.73 Å². The monoisotopic (exact) mass is 272 g/mol. The highest BCUT2D eigenvalue weighted by molar-refractivity contribution is 5.87. The van der Waals surface area contributed by atoms with Crippen molar-refractivity contribution in [3.05, 3.63) is 0 Å². The smallest absolute Gasteiger partial charge is 0.326 e. The first-order chi connectivity index (χ1) is 8.93. The number of carboxylic acid groups (broad SMARTS) is 1. The van der Waals surface area contributed by atoms with E-state index in [0.717, 1.165) is 19.6 Å². The number of rotatable bonds is 5. The first-order valence-electron chi connectivity index (χ1n) is 6.23. The van der Waals surface area contributed by atoms with Gasteiger partial charge in [-0.25, -0.2) is 9.59 Å². The molecule has 1 rings (SSSR count). The van der Waals surface area contributed by atoms with Crippen LogP contribution in [0.15, 0.2) is 0 Å². The number of likely N-dealkylation sites (N-methyl/N-ethyl adjacent to an activating group) is 1. The molecule has 1 saturated heterocycles. The number of hydrogen-bond acceptors (Lipinski definition) is 4. The first-order valence-corrected chi connectivity index (χ1v) is 6.23. The number of nitrogens with zero attached hydrogens (tertiary/aromatic N) is 2. The predicted molar refractivity (Wildman–Crippen MR) is 67.5 cm³/mol. The second-order valence-electron chi connectivity index (χ2n) is 4.43. The van der Waals surface area contributed by atoms with Crippen LogP contribution in [0.1, 0.15) is 13.3 Å². The van der Waals surface area contributed by atoms with Crippen molar-refractivity contribution >= 4 is 17.9 Å². The van der Waals surface area contributed by atoms with Gasteiger partial charge in [0, 0.05) is 26.2 Å². The van der Waals surface area contributed by atoms with E-state index in [1.165, 1.54) is 0 Å². The molecule has 0 aliphatic carbocycles. The Kier molecular flexibility index (Phi) is 5.56. The number of nitrogens with two attached hydrogens (primary N) is 1. The number of primary amides is 1. The Bertz CT molecular complexity index is 353. The molecule has 0 saturated carbocycles. The molecular formula is C11H20N4O4. The van der Waals surface area contributed by atoms with Crippen LogP contribution in [-0.2, 0) is 9.59 Å². The van der Waals surface area contributed by atoms with Crippen LogP contribution in [0.3, 0.4) is 0 Å². The van der Waals surface area contributed by atoms with Gasteiger partial charge in [0.2, 0.25) is 5.91 Å².